The Morgan fingerprint density at radius 2 is 1.80 bits per heavy atom. The summed E-state index contributed by atoms with van der Waals surface area (Å²) >= 11 is 0. The number of hydrogen-bond donors (Lipinski definition) is 1. The van der Waals surface area contributed by atoms with Gasteiger partial charge in [0.2, 0.25) is 5.91 Å². The largest absolute Gasteiger partial charge is 0.354 e. The van der Waals surface area contributed by atoms with Crippen LogP contribution < -0.4 is 5.32 Å². The van der Waals surface area contributed by atoms with E-state index in [2.05, 4.69) is 53.6 Å². The van der Waals surface area contributed by atoms with E-state index >= 15 is 0 Å². The minimum Gasteiger partial charge on any atom is -0.354 e. The van der Waals surface area contributed by atoms with Crippen LogP contribution in [-0.4, -0.2) is 41.3 Å². The predicted molar refractivity (Wildman–Crippen MR) is 117 cm³/mol. The number of carbonyl (C=O) groups is 2. The molecule has 0 radical (unpaired) electrons. The third-order valence-corrected chi connectivity index (χ3v) is 5.55. The molecule has 1 fully saturated rings. The van der Waals surface area contributed by atoms with E-state index in [1.165, 1.54) is 5.56 Å². The maximum atomic E-state index is 12.9. The van der Waals surface area contributed by atoms with E-state index in [-0.39, 0.29) is 17.7 Å². The first-order chi connectivity index (χ1) is 14.6. The second kappa shape index (κ2) is 8.91. The van der Waals surface area contributed by atoms with Gasteiger partial charge in [0, 0.05) is 37.6 Å². The molecule has 3 aromatic rings. The average Bonchev–Trinajstić information content (AvgIpc) is 2.96. The van der Waals surface area contributed by atoms with Crippen LogP contribution in [0.2, 0.25) is 0 Å². The van der Waals surface area contributed by atoms with Gasteiger partial charge in [0.05, 0.1) is 5.92 Å². The van der Waals surface area contributed by atoms with E-state index in [1.54, 1.807) is 29.4 Å². The van der Waals surface area contributed by atoms with E-state index < -0.39 is 0 Å². The molecule has 152 valence electrons. The molecule has 4 rings (SSSR count). The Bertz CT molecular complexity index is 1030. The number of aryl methyl sites for hydroxylation is 1. The van der Waals surface area contributed by atoms with Gasteiger partial charge in [0.25, 0.3) is 5.91 Å². The Hall–Kier alpha value is -3.47. The lowest BCUT2D eigenvalue weighted by atomic mass is 9.91. The molecule has 0 spiro atoms. The molecule has 5 nitrogen and oxygen atoms in total. The highest BCUT2D eigenvalue weighted by Crippen LogP contribution is 2.27. The number of aromatic nitrogens is 1. The van der Waals surface area contributed by atoms with Gasteiger partial charge in [-0.05, 0) is 42.2 Å². The second-order valence-electron chi connectivity index (χ2n) is 7.70. The van der Waals surface area contributed by atoms with Crippen LogP contribution in [0.1, 0.15) is 21.5 Å². The number of carbonyl (C=O) groups excluding carboxylic acids is 2. The number of pyridine rings is 1. The summed E-state index contributed by atoms with van der Waals surface area (Å²) in [4.78, 5) is 31.4. The standard InChI is InChI=1S/C25H25N3O2/c1-18-6-8-19(9-7-18)23-5-3-2-4-21(23)16-22-17-28(15-14-27-24(22)29)25(30)20-10-12-26-13-11-20/h2-13,22H,14-17H2,1H3,(H,27,29)/t22-/m1/s1. The summed E-state index contributed by atoms with van der Waals surface area (Å²) in [6.45, 7) is 3.43. The monoisotopic (exact) mass is 399 g/mol. The molecule has 5 heteroatoms. The van der Waals surface area contributed by atoms with Crippen molar-refractivity contribution in [3.8, 4) is 11.1 Å². The zero-order valence-electron chi connectivity index (χ0n) is 17.0. The molecule has 1 saturated heterocycles. The summed E-state index contributed by atoms with van der Waals surface area (Å²) in [6, 6.07) is 20.0. The Morgan fingerprint density at radius 1 is 1.07 bits per heavy atom. The average molecular weight is 399 g/mol. The topological polar surface area (TPSA) is 62.3 Å². The smallest absolute Gasteiger partial charge is 0.254 e. The van der Waals surface area contributed by atoms with Crippen LogP contribution in [0.4, 0.5) is 0 Å². The molecular weight excluding hydrogens is 374 g/mol. The van der Waals surface area contributed by atoms with Crippen molar-refractivity contribution >= 4 is 11.8 Å². The lowest BCUT2D eigenvalue weighted by Crippen LogP contribution is -2.37. The second-order valence-corrected chi connectivity index (χ2v) is 7.70. The van der Waals surface area contributed by atoms with Gasteiger partial charge in [-0.1, -0.05) is 54.1 Å². The van der Waals surface area contributed by atoms with Crippen molar-refractivity contribution in [1.29, 1.82) is 0 Å². The quantitative estimate of drug-likeness (QED) is 0.731. The molecule has 1 aromatic heterocycles. The summed E-state index contributed by atoms with van der Waals surface area (Å²) in [7, 11) is 0. The molecule has 2 heterocycles. The molecule has 0 unspecified atom stereocenters. The summed E-state index contributed by atoms with van der Waals surface area (Å²) in [5, 5.41) is 2.97. The molecule has 30 heavy (non-hydrogen) atoms. The Kier molecular flexibility index (Phi) is 5.89. The third-order valence-electron chi connectivity index (χ3n) is 5.55. The van der Waals surface area contributed by atoms with Crippen LogP contribution in [0, 0.1) is 12.8 Å². The zero-order valence-corrected chi connectivity index (χ0v) is 17.0. The van der Waals surface area contributed by atoms with Crippen molar-refractivity contribution in [3.63, 3.8) is 0 Å². The van der Waals surface area contributed by atoms with Crippen LogP contribution in [0.15, 0.2) is 73.1 Å². The molecule has 1 N–H and O–H groups in total. The number of amides is 2. The molecule has 1 aliphatic rings. The van der Waals surface area contributed by atoms with E-state index in [1.807, 2.05) is 12.1 Å². The van der Waals surface area contributed by atoms with Crippen molar-refractivity contribution in [2.24, 2.45) is 5.92 Å². The fraction of sp³-hybridized carbons (Fsp3) is 0.240. The Morgan fingerprint density at radius 3 is 2.57 bits per heavy atom. The lowest BCUT2D eigenvalue weighted by Gasteiger charge is -2.24. The first-order valence-corrected chi connectivity index (χ1v) is 10.2. The molecule has 0 bridgehead atoms. The van der Waals surface area contributed by atoms with Crippen molar-refractivity contribution in [2.75, 3.05) is 19.6 Å². The normalized spacial score (nSPS) is 16.6. The van der Waals surface area contributed by atoms with Crippen LogP contribution in [0.25, 0.3) is 11.1 Å². The first kappa shape index (κ1) is 19.8. The minimum absolute atomic E-state index is 0.00117. The Balaban J connectivity index is 1.58. The number of hydrogen-bond acceptors (Lipinski definition) is 3. The summed E-state index contributed by atoms with van der Waals surface area (Å²) < 4.78 is 0. The Labute approximate surface area is 176 Å². The summed E-state index contributed by atoms with van der Waals surface area (Å²) in [6.07, 6.45) is 3.81. The van der Waals surface area contributed by atoms with Gasteiger partial charge >= 0.3 is 0 Å². The number of benzene rings is 2. The number of rotatable bonds is 4. The fourth-order valence-corrected chi connectivity index (χ4v) is 3.90. The minimum atomic E-state index is -0.301. The molecular formula is C25H25N3O2. The highest BCUT2D eigenvalue weighted by atomic mass is 16.2. The van der Waals surface area contributed by atoms with Gasteiger partial charge in [0.1, 0.15) is 0 Å². The van der Waals surface area contributed by atoms with Crippen molar-refractivity contribution < 1.29 is 9.59 Å². The number of nitrogens with zero attached hydrogens (tertiary/aromatic N) is 2. The predicted octanol–water partition coefficient (Wildman–Crippen LogP) is 3.49. The molecule has 2 amide bonds. The van der Waals surface area contributed by atoms with Crippen LogP contribution in [0.3, 0.4) is 0 Å². The van der Waals surface area contributed by atoms with Gasteiger partial charge in [-0.15, -0.1) is 0 Å². The number of nitrogens with one attached hydrogen (secondary N) is 1. The summed E-state index contributed by atoms with van der Waals surface area (Å²) in [5.41, 5.74) is 5.18. The highest BCUT2D eigenvalue weighted by molar-refractivity contribution is 5.94. The van der Waals surface area contributed by atoms with Crippen molar-refractivity contribution in [2.45, 2.75) is 13.3 Å². The van der Waals surface area contributed by atoms with Gasteiger partial charge in [0.15, 0.2) is 0 Å². The molecule has 1 atom stereocenters. The molecule has 0 aliphatic carbocycles. The fourth-order valence-electron chi connectivity index (χ4n) is 3.90. The van der Waals surface area contributed by atoms with Crippen LogP contribution in [-0.2, 0) is 11.2 Å². The van der Waals surface area contributed by atoms with Gasteiger partial charge in [-0.25, -0.2) is 0 Å². The SMILES string of the molecule is Cc1ccc(-c2ccccc2C[C@@H]2CN(C(=O)c3ccncc3)CCNC2=O)cc1. The van der Waals surface area contributed by atoms with E-state index in [9.17, 15) is 9.59 Å². The van der Waals surface area contributed by atoms with Crippen molar-refractivity contribution in [3.05, 3.63) is 89.7 Å². The van der Waals surface area contributed by atoms with Gasteiger partial charge in [-0.3, -0.25) is 14.6 Å². The highest BCUT2D eigenvalue weighted by Gasteiger charge is 2.28. The maximum absolute atomic E-state index is 12.9. The van der Waals surface area contributed by atoms with Gasteiger partial charge < -0.3 is 10.2 Å². The molecule has 0 saturated carbocycles. The van der Waals surface area contributed by atoms with E-state index in [4.69, 9.17) is 0 Å². The third kappa shape index (κ3) is 4.40. The molecule has 1 aliphatic heterocycles. The van der Waals surface area contributed by atoms with Gasteiger partial charge in [-0.2, -0.15) is 0 Å². The maximum Gasteiger partial charge on any atom is 0.254 e. The van der Waals surface area contributed by atoms with Crippen molar-refractivity contribution in [1.82, 2.24) is 15.2 Å². The van der Waals surface area contributed by atoms with Crippen LogP contribution >= 0.6 is 0 Å². The first-order valence-electron chi connectivity index (χ1n) is 10.2. The van der Waals surface area contributed by atoms with E-state index in [0.717, 1.165) is 16.7 Å². The van der Waals surface area contributed by atoms with E-state index in [0.29, 0.717) is 31.6 Å². The summed E-state index contributed by atoms with van der Waals surface area (Å²) in [5.74, 6) is -0.366. The van der Waals surface area contributed by atoms with Crippen LogP contribution in [0.5, 0.6) is 0 Å². The zero-order chi connectivity index (χ0) is 20.9. The molecule has 2 aromatic carbocycles. The lowest BCUT2D eigenvalue weighted by molar-refractivity contribution is -0.124.